The van der Waals surface area contributed by atoms with Gasteiger partial charge in [0.25, 0.3) is 0 Å². The molecule has 0 spiro atoms. The molecule has 7 aromatic rings. The van der Waals surface area contributed by atoms with E-state index in [0.29, 0.717) is 0 Å². The van der Waals surface area contributed by atoms with Crippen LogP contribution in [0.4, 0.5) is 0 Å². The second-order valence-electron chi connectivity index (χ2n) is 7.63. The van der Waals surface area contributed by atoms with Gasteiger partial charge in [-0.25, -0.2) is 0 Å². The molecule has 3 nitrogen and oxygen atoms in total. The van der Waals surface area contributed by atoms with Crippen molar-refractivity contribution >= 4 is 59.8 Å². The second-order valence-corrected chi connectivity index (χ2v) is 7.63. The van der Waals surface area contributed by atoms with Gasteiger partial charge in [-0.05, 0) is 46.5 Å². The van der Waals surface area contributed by atoms with Crippen LogP contribution in [0.15, 0.2) is 79.0 Å². The quantitative estimate of drug-likeness (QED) is 0.241. The molecule has 7 rings (SSSR count). The molecule has 0 fully saturated rings. The lowest BCUT2D eigenvalue weighted by molar-refractivity contribution is 0.420. The summed E-state index contributed by atoms with van der Waals surface area (Å²) >= 11 is 0. The van der Waals surface area contributed by atoms with E-state index in [2.05, 4.69) is 71.1 Å². The average Bonchev–Trinajstić information content (AvgIpc) is 3.13. The van der Waals surface area contributed by atoms with Crippen LogP contribution in [-0.4, -0.2) is 16.5 Å². The van der Waals surface area contributed by atoms with E-state index in [1.165, 1.54) is 43.4 Å². The fraction of sp³-hybridized carbons (Fsp3) is 0.0385. The molecule has 0 amide bonds. The molecule has 0 bridgehead atoms. The van der Waals surface area contributed by atoms with Crippen molar-refractivity contribution in [1.82, 2.24) is 9.38 Å². The van der Waals surface area contributed by atoms with Crippen molar-refractivity contribution in [3.05, 3.63) is 79.0 Å². The van der Waals surface area contributed by atoms with Gasteiger partial charge in [-0.1, -0.05) is 42.5 Å². The molecule has 0 aliphatic rings. The van der Waals surface area contributed by atoms with Crippen LogP contribution in [-0.2, 0) is 0 Å². The number of nitrogens with zero attached hydrogens (tertiary/aromatic N) is 2. The van der Waals surface area contributed by atoms with Gasteiger partial charge in [0.05, 0.1) is 29.2 Å². The Labute approximate surface area is 166 Å². The standard InChI is InChI=1S/C26H16N2O/c1-29-22-8-4-7-20-24(22)18-10-9-15-11-12-27-25-19-13-16-5-2-3-6-17(16)14-21(19)28(20)26(18)23(15)25/h2-14H,1H3. The first-order valence-corrected chi connectivity index (χ1v) is 9.77. The summed E-state index contributed by atoms with van der Waals surface area (Å²) < 4.78 is 8.15. The average molecular weight is 372 g/mol. The normalized spacial score (nSPS) is 12.3. The van der Waals surface area contributed by atoms with Crippen LogP contribution in [0.2, 0.25) is 0 Å². The van der Waals surface area contributed by atoms with E-state index in [4.69, 9.17) is 9.72 Å². The smallest absolute Gasteiger partial charge is 0.128 e. The molecule has 0 radical (unpaired) electrons. The summed E-state index contributed by atoms with van der Waals surface area (Å²) in [6, 6.07) is 25.9. The third kappa shape index (κ3) is 1.76. The Morgan fingerprint density at radius 3 is 2.45 bits per heavy atom. The summed E-state index contributed by atoms with van der Waals surface area (Å²) in [4.78, 5) is 4.84. The molecular weight excluding hydrogens is 356 g/mol. The lowest BCUT2D eigenvalue weighted by atomic mass is 10.0. The summed E-state index contributed by atoms with van der Waals surface area (Å²) in [5, 5.41) is 8.43. The molecule has 0 saturated carbocycles. The number of hydrogen-bond donors (Lipinski definition) is 0. The topological polar surface area (TPSA) is 26.5 Å². The van der Waals surface area contributed by atoms with Crippen LogP contribution in [0.3, 0.4) is 0 Å². The largest absolute Gasteiger partial charge is 0.496 e. The predicted octanol–water partition coefficient (Wildman–Crippen LogP) is 6.55. The highest BCUT2D eigenvalue weighted by Crippen LogP contribution is 2.43. The van der Waals surface area contributed by atoms with E-state index in [0.717, 1.165) is 22.2 Å². The molecule has 0 N–H and O–H groups in total. The zero-order valence-corrected chi connectivity index (χ0v) is 15.8. The molecule has 3 heterocycles. The number of methoxy groups -OCH3 is 1. The first-order chi connectivity index (χ1) is 14.3. The summed E-state index contributed by atoms with van der Waals surface area (Å²) in [7, 11) is 1.74. The Hall–Kier alpha value is -3.85. The first-order valence-electron chi connectivity index (χ1n) is 9.77. The third-order valence-electron chi connectivity index (χ3n) is 6.22. The van der Waals surface area contributed by atoms with Gasteiger partial charge in [0.1, 0.15) is 5.75 Å². The summed E-state index contributed by atoms with van der Waals surface area (Å²) in [6.45, 7) is 0. The maximum atomic E-state index is 5.75. The second kappa shape index (κ2) is 5.15. The van der Waals surface area contributed by atoms with Crippen LogP contribution in [0.1, 0.15) is 0 Å². The van der Waals surface area contributed by atoms with Gasteiger partial charge in [0.15, 0.2) is 0 Å². The van der Waals surface area contributed by atoms with Crippen LogP contribution >= 0.6 is 0 Å². The van der Waals surface area contributed by atoms with Crippen molar-refractivity contribution in [2.45, 2.75) is 0 Å². The highest BCUT2D eigenvalue weighted by atomic mass is 16.5. The van der Waals surface area contributed by atoms with E-state index < -0.39 is 0 Å². The highest BCUT2D eigenvalue weighted by Gasteiger charge is 2.20. The van der Waals surface area contributed by atoms with Crippen molar-refractivity contribution in [3.63, 3.8) is 0 Å². The van der Waals surface area contributed by atoms with Crippen molar-refractivity contribution in [3.8, 4) is 5.75 Å². The Balaban J connectivity index is 1.93. The van der Waals surface area contributed by atoms with Crippen molar-refractivity contribution in [1.29, 1.82) is 0 Å². The SMILES string of the molecule is COc1cccc2c1c1ccc3ccnc4c5cc6ccccc6cc5n2c1c34. The molecule has 136 valence electrons. The molecule has 3 heteroatoms. The zero-order valence-electron chi connectivity index (χ0n) is 15.8. The molecule has 0 aliphatic carbocycles. The predicted molar refractivity (Wildman–Crippen MR) is 120 cm³/mol. The van der Waals surface area contributed by atoms with E-state index in [1.807, 2.05) is 12.3 Å². The monoisotopic (exact) mass is 372 g/mol. The third-order valence-corrected chi connectivity index (χ3v) is 6.22. The number of benzene rings is 4. The van der Waals surface area contributed by atoms with Crippen LogP contribution in [0.5, 0.6) is 5.75 Å². The summed E-state index contributed by atoms with van der Waals surface area (Å²) in [5.74, 6) is 0.903. The van der Waals surface area contributed by atoms with Crippen LogP contribution < -0.4 is 4.74 Å². The molecule has 0 atom stereocenters. The van der Waals surface area contributed by atoms with E-state index in [-0.39, 0.29) is 0 Å². The molecule has 0 unspecified atom stereocenters. The Bertz CT molecular complexity index is 1740. The zero-order chi connectivity index (χ0) is 19.1. The van der Waals surface area contributed by atoms with Crippen LogP contribution in [0.25, 0.3) is 59.8 Å². The minimum absolute atomic E-state index is 0.903. The van der Waals surface area contributed by atoms with Gasteiger partial charge in [0.2, 0.25) is 0 Å². The molecule has 0 saturated heterocycles. The number of hydrogen-bond acceptors (Lipinski definition) is 2. The van der Waals surface area contributed by atoms with E-state index in [1.54, 1.807) is 7.11 Å². The fourth-order valence-corrected chi connectivity index (χ4v) is 5.01. The molecule has 0 aliphatic heterocycles. The highest BCUT2D eigenvalue weighted by molar-refractivity contribution is 6.29. The summed E-state index contributed by atoms with van der Waals surface area (Å²) in [5.41, 5.74) is 4.62. The summed E-state index contributed by atoms with van der Waals surface area (Å²) in [6.07, 6.45) is 1.92. The fourth-order valence-electron chi connectivity index (χ4n) is 5.01. The Morgan fingerprint density at radius 2 is 1.59 bits per heavy atom. The number of aromatic nitrogens is 2. The van der Waals surface area contributed by atoms with Crippen molar-refractivity contribution in [2.75, 3.05) is 7.11 Å². The molecule has 4 aromatic carbocycles. The maximum Gasteiger partial charge on any atom is 0.128 e. The molecule has 29 heavy (non-hydrogen) atoms. The number of fused-ring (bicyclic) bond motifs is 7. The maximum absolute atomic E-state index is 5.75. The van der Waals surface area contributed by atoms with Gasteiger partial charge >= 0.3 is 0 Å². The molecular formula is C26H16N2O. The lowest BCUT2D eigenvalue weighted by Crippen LogP contribution is -1.94. The van der Waals surface area contributed by atoms with E-state index in [9.17, 15) is 0 Å². The number of rotatable bonds is 1. The Morgan fingerprint density at radius 1 is 0.724 bits per heavy atom. The Kier molecular flexibility index (Phi) is 2.68. The van der Waals surface area contributed by atoms with Crippen molar-refractivity contribution < 1.29 is 4.74 Å². The minimum Gasteiger partial charge on any atom is -0.496 e. The van der Waals surface area contributed by atoms with Gasteiger partial charge in [-0.2, -0.15) is 0 Å². The van der Waals surface area contributed by atoms with Gasteiger partial charge in [0, 0.05) is 27.7 Å². The first kappa shape index (κ1) is 15.1. The molecule has 3 aromatic heterocycles. The van der Waals surface area contributed by atoms with Crippen LogP contribution in [0, 0.1) is 0 Å². The number of ether oxygens (including phenoxy) is 1. The van der Waals surface area contributed by atoms with Gasteiger partial charge in [-0.15, -0.1) is 0 Å². The van der Waals surface area contributed by atoms with Crippen molar-refractivity contribution in [2.24, 2.45) is 0 Å². The van der Waals surface area contributed by atoms with Gasteiger partial charge < -0.3 is 9.14 Å². The lowest BCUT2D eigenvalue weighted by Gasteiger charge is -2.13. The van der Waals surface area contributed by atoms with Gasteiger partial charge in [-0.3, -0.25) is 4.98 Å². The van der Waals surface area contributed by atoms with E-state index >= 15 is 0 Å². The number of pyridine rings is 2. The minimum atomic E-state index is 0.903.